The standard InChI is InChI=1S/C12H10N4OS/c17-10-7-18-12(16-14-10)11-9-4-2-1-3-8(9)5-6-13-15-11/h1-6,15H,7H2,(H,14,17). The molecule has 2 aliphatic rings. The lowest BCUT2D eigenvalue weighted by Crippen LogP contribution is -2.35. The zero-order valence-electron chi connectivity index (χ0n) is 9.38. The predicted octanol–water partition coefficient (Wildman–Crippen LogP) is -0.659. The molecule has 1 aromatic rings. The fourth-order valence-electron chi connectivity index (χ4n) is 1.75. The van der Waals surface area contributed by atoms with Crippen LogP contribution in [0, 0.1) is 0 Å². The fraction of sp³-hybridized carbons (Fsp3) is 0.0833. The molecule has 6 heteroatoms. The highest BCUT2D eigenvalue weighted by atomic mass is 32.2. The summed E-state index contributed by atoms with van der Waals surface area (Å²) < 4.78 is 0. The number of rotatable bonds is 1. The summed E-state index contributed by atoms with van der Waals surface area (Å²) in [5.74, 6) is 0.293. The number of carbonyl (C=O) groups is 1. The second kappa shape index (κ2) is 4.66. The molecule has 0 saturated carbocycles. The van der Waals surface area contributed by atoms with Crippen molar-refractivity contribution in [2.24, 2.45) is 10.2 Å². The van der Waals surface area contributed by atoms with Crippen LogP contribution in [0.3, 0.4) is 0 Å². The van der Waals surface area contributed by atoms with Crippen molar-refractivity contribution < 1.29 is 4.79 Å². The smallest absolute Gasteiger partial charge is 0.250 e. The van der Waals surface area contributed by atoms with E-state index in [1.54, 1.807) is 6.21 Å². The van der Waals surface area contributed by atoms with Crippen molar-refractivity contribution in [2.45, 2.75) is 0 Å². The van der Waals surface area contributed by atoms with E-state index in [1.165, 1.54) is 11.8 Å². The van der Waals surface area contributed by atoms with Crippen LogP contribution in [0.15, 0.2) is 34.5 Å². The number of amides is 1. The average Bonchev–Trinajstić information content (AvgIpc) is 2.62. The highest BCUT2D eigenvalue weighted by Gasteiger charge is 2.17. The molecule has 2 heterocycles. The summed E-state index contributed by atoms with van der Waals surface area (Å²) in [6.45, 7) is 0. The first-order valence-corrected chi connectivity index (χ1v) is 6.41. The van der Waals surface area contributed by atoms with Crippen LogP contribution >= 0.6 is 11.8 Å². The van der Waals surface area contributed by atoms with Gasteiger partial charge in [-0.05, 0) is 11.3 Å². The number of hydrazone groups is 2. The van der Waals surface area contributed by atoms with Gasteiger partial charge < -0.3 is 0 Å². The Morgan fingerprint density at radius 3 is 2.94 bits per heavy atom. The van der Waals surface area contributed by atoms with Crippen LogP contribution in [0.1, 0.15) is 0 Å². The highest BCUT2D eigenvalue weighted by molar-refractivity contribution is 8.15. The number of hydrogen-bond donors (Lipinski definition) is 2. The van der Waals surface area contributed by atoms with E-state index in [4.69, 9.17) is 0 Å². The fourth-order valence-corrected chi connectivity index (χ4v) is 2.49. The molecule has 0 spiro atoms. The molecule has 0 bridgehead atoms. The number of benzene rings is 1. The quantitative estimate of drug-likeness (QED) is 0.703. The molecule has 1 amide bonds. The lowest BCUT2D eigenvalue weighted by atomic mass is 10.2. The van der Waals surface area contributed by atoms with Crippen molar-refractivity contribution in [2.75, 3.05) is 5.75 Å². The Bertz CT molecular complexity index is 678. The van der Waals surface area contributed by atoms with Gasteiger partial charge in [-0.2, -0.15) is 10.2 Å². The molecule has 2 N–H and O–H groups in total. The van der Waals surface area contributed by atoms with E-state index in [0.717, 1.165) is 21.2 Å². The van der Waals surface area contributed by atoms with E-state index >= 15 is 0 Å². The number of carbonyl (C=O) groups excluding carboxylic acids is 1. The average molecular weight is 258 g/mol. The summed E-state index contributed by atoms with van der Waals surface area (Å²) in [7, 11) is 0. The molecule has 0 unspecified atom stereocenters. The second-order valence-corrected chi connectivity index (χ2v) is 4.72. The third-order valence-corrected chi connectivity index (χ3v) is 3.55. The first-order valence-electron chi connectivity index (χ1n) is 5.43. The summed E-state index contributed by atoms with van der Waals surface area (Å²) in [6.07, 6.45) is 3.64. The van der Waals surface area contributed by atoms with Gasteiger partial charge in [0.05, 0.1) is 11.4 Å². The number of nitrogens with zero attached hydrogens (tertiary/aromatic N) is 2. The van der Waals surface area contributed by atoms with Gasteiger partial charge >= 0.3 is 0 Å². The van der Waals surface area contributed by atoms with Crippen LogP contribution in [0.25, 0.3) is 11.8 Å². The molecule has 0 radical (unpaired) electrons. The molecular formula is C12H10N4OS. The first kappa shape index (κ1) is 11.0. The number of hydrogen-bond acceptors (Lipinski definition) is 5. The topological polar surface area (TPSA) is 65.8 Å². The number of thioether (sulfide) groups is 1. The molecule has 0 aliphatic carbocycles. The van der Waals surface area contributed by atoms with Crippen molar-refractivity contribution in [1.29, 1.82) is 0 Å². The van der Waals surface area contributed by atoms with E-state index in [-0.39, 0.29) is 5.91 Å². The normalized spacial score (nSPS) is 17.9. The summed E-state index contributed by atoms with van der Waals surface area (Å²) in [5, 5.41) is 11.0. The molecule has 18 heavy (non-hydrogen) atoms. The summed E-state index contributed by atoms with van der Waals surface area (Å²) in [4.78, 5) is 11.1. The van der Waals surface area contributed by atoms with Gasteiger partial charge in [0.2, 0.25) is 0 Å². The van der Waals surface area contributed by atoms with Crippen LogP contribution in [0.4, 0.5) is 0 Å². The largest absolute Gasteiger partial charge is 0.275 e. The van der Waals surface area contributed by atoms with Crippen LogP contribution < -0.4 is 21.3 Å². The van der Waals surface area contributed by atoms with E-state index in [2.05, 4.69) is 21.1 Å². The second-order valence-electron chi connectivity index (χ2n) is 3.76. The Morgan fingerprint density at radius 2 is 2.11 bits per heavy atom. The van der Waals surface area contributed by atoms with Gasteiger partial charge in [-0.15, -0.1) is 0 Å². The molecule has 3 rings (SSSR count). The number of nitrogens with one attached hydrogen (secondary N) is 2. The monoisotopic (exact) mass is 258 g/mol. The van der Waals surface area contributed by atoms with Gasteiger partial charge in [0.25, 0.3) is 5.91 Å². The van der Waals surface area contributed by atoms with Gasteiger partial charge in [-0.3, -0.25) is 10.2 Å². The van der Waals surface area contributed by atoms with Crippen LogP contribution in [0.2, 0.25) is 0 Å². The molecule has 0 aromatic heterocycles. The van der Waals surface area contributed by atoms with Gasteiger partial charge in [-0.25, -0.2) is 5.43 Å². The Kier molecular flexibility index (Phi) is 2.85. The summed E-state index contributed by atoms with van der Waals surface area (Å²) in [6, 6.07) is 7.96. The van der Waals surface area contributed by atoms with E-state index in [9.17, 15) is 4.79 Å². The first-order chi connectivity index (χ1) is 8.84. The molecule has 0 atom stereocenters. The minimum atomic E-state index is -0.0821. The van der Waals surface area contributed by atoms with Crippen LogP contribution in [-0.2, 0) is 4.79 Å². The molecule has 0 fully saturated rings. The SMILES string of the molecule is O=C1CSC(C2=c3ccccc3=CC=NN2)=NN1. The highest BCUT2D eigenvalue weighted by Crippen LogP contribution is 2.13. The van der Waals surface area contributed by atoms with Crippen molar-refractivity contribution >= 4 is 40.7 Å². The molecule has 2 aliphatic heterocycles. The van der Waals surface area contributed by atoms with Crippen molar-refractivity contribution in [1.82, 2.24) is 10.9 Å². The number of fused-ring (bicyclic) bond motifs is 1. The Morgan fingerprint density at radius 1 is 1.22 bits per heavy atom. The lowest BCUT2D eigenvalue weighted by Gasteiger charge is -2.13. The van der Waals surface area contributed by atoms with Gasteiger partial charge in [0, 0.05) is 11.4 Å². The molecule has 5 nitrogen and oxygen atoms in total. The van der Waals surface area contributed by atoms with Gasteiger partial charge in [0.15, 0.2) is 0 Å². The maximum atomic E-state index is 11.1. The van der Waals surface area contributed by atoms with E-state index < -0.39 is 0 Å². The van der Waals surface area contributed by atoms with Crippen LogP contribution in [0.5, 0.6) is 0 Å². The predicted molar refractivity (Wildman–Crippen MR) is 73.2 cm³/mol. The van der Waals surface area contributed by atoms with Crippen molar-refractivity contribution in [3.8, 4) is 0 Å². The van der Waals surface area contributed by atoms with E-state index in [1.807, 2.05) is 30.3 Å². The Labute approximate surface area is 107 Å². The van der Waals surface area contributed by atoms with Gasteiger partial charge in [-0.1, -0.05) is 36.0 Å². The molecule has 0 saturated heterocycles. The minimum absolute atomic E-state index is 0.0821. The Hall–Kier alpha value is -2.08. The third-order valence-electron chi connectivity index (χ3n) is 2.57. The van der Waals surface area contributed by atoms with Crippen molar-refractivity contribution in [3.05, 3.63) is 34.7 Å². The summed E-state index contributed by atoms with van der Waals surface area (Å²) >= 11 is 1.40. The molecule has 90 valence electrons. The van der Waals surface area contributed by atoms with Gasteiger partial charge in [0.1, 0.15) is 5.04 Å². The Balaban J connectivity index is 2.19. The molecular weight excluding hydrogens is 248 g/mol. The van der Waals surface area contributed by atoms with Crippen molar-refractivity contribution in [3.63, 3.8) is 0 Å². The molecule has 1 aromatic carbocycles. The van der Waals surface area contributed by atoms with Crippen LogP contribution in [-0.4, -0.2) is 22.9 Å². The maximum Gasteiger partial charge on any atom is 0.250 e. The zero-order chi connectivity index (χ0) is 12.4. The summed E-state index contributed by atoms with van der Waals surface area (Å²) in [5.41, 5.74) is 6.28. The maximum absolute atomic E-state index is 11.1. The van der Waals surface area contributed by atoms with E-state index in [0.29, 0.717) is 5.75 Å². The minimum Gasteiger partial charge on any atom is -0.275 e. The zero-order valence-corrected chi connectivity index (χ0v) is 10.2. The third kappa shape index (κ3) is 2.02. The lowest BCUT2D eigenvalue weighted by molar-refractivity contribution is -0.118.